The SMILES string of the molecule is CC(CN(C)C(=O)CCCSc1ccccc1)C(=O)O. The standard InChI is InChI=1S/C15H21NO3S/c1-12(15(18)19)11-16(2)14(17)9-6-10-20-13-7-4-3-5-8-13/h3-5,7-8,12H,6,9-11H2,1-2H3,(H,18,19). The molecule has 0 aliphatic heterocycles. The summed E-state index contributed by atoms with van der Waals surface area (Å²) >= 11 is 1.73. The fraction of sp³-hybridized carbons (Fsp3) is 0.467. The molecule has 1 N–H and O–H groups in total. The first-order chi connectivity index (χ1) is 9.50. The van der Waals surface area contributed by atoms with E-state index in [4.69, 9.17) is 5.11 Å². The van der Waals surface area contributed by atoms with Crippen molar-refractivity contribution in [2.45, 2.75) is 24.7 Å². The van der Waals surface area contributed by atoms with Crippen molar-refractivity contribution < 1.29 is 14.7 Å². The lowest BCUT2D eigenvalue weighted by molar-refractivity contribution is -0.142. The Hall–Kier alpha value is -1.49. The van der Waals surface area contributed by atoms with Gasteiger partial charge >= 0.3 is 5.97 Å². The molecule has 0 saturated heterocycles. The Morgan fingerprint density at radius 1 is 1.30 bits per heavy atom. The van der Waals surface area contributed by atoms with Gasteiger partial charge in [0.05, 0.1) is 5.92 Å². The van der Waals surface area contributed by atoms with Gasteiger partial charge in [0.15, 0.2) is 0 Å². The molecule has 0 heterocycles. The van der Waals surface area contributed by atoms with Crippen LogP contribution in [0.2, 0.25) is 0 Å². The van der Waals surface area contributed by atoms with Crippen molar-refractivity contribution in [3.8, 4) is 0 Å². The summed E-state index contributed by atoms with van der Waals surface area (Å²) in [4.78, 5) is 25.3. The first-order valence-corrected chi connectivity index (χ1v) is 7.64. The van der Waals surface area contributed by atoms with Gasteiger partial charge in [-0.15, -0.1) is 11.8 Å². The molecule has 110 valence electrons. The second kappa shape index (κ2) is 8.64. The molecule has 1 aromatic rings. The molecule has 1 unspecified atom stereocenters. The molecular formula is C15H21NO3S. The highest BCUT2D eigenvalue weighted by Gasteiger charge is 2.16. The van der Waals surface area contributed by atoms with Gasteiger partial charge in [0.25, 0.3) is 0 Å². The lowest BCUT2D eigenvalue weighted by Gasteiger charge is -2.19. The minimum atomic E-state index is -0.871. The van der Waals surface area contributed by atoms with Crippen LogP contribution in [0, 0.1) is 5.92 Å². The summed E-state index contributed by atoms with van der Waals surface area (Å²) in [5.41, 5.74) is 0. The molecule has 0 aromatic heterocycles. The van der Waals surface area contributed by atoms with E-state index in [1.165, 1.54) is 9.80 Å². The predicted octanol–water partition coefficient (Wildman–Crippen LogP) is 2.74. The average molecular weight is 295 g/mol. The molecular weight excluding hydrogens is 274 g/mol. The summed E-state index contributed by atoms with van der Waals surface area (Å²) in [5.74, 6) is -0.503. The van der Waals surface area contributed by atoms with E-state index in [2.05, 4.69) is 0 Å². The Labute approximate surface area is 124 Å². The quantitative estimate of drug-likeness (QED) is 0.592. The van der Waals surface area contributed by atoms with Gasteiger partial charge in [-0.3, -0.25) is 9.59 Å². The number of carbonyl (C=O) groups excluding carboxylic acids is 1. The molecule has 0 spiro atoms. The van der Waals surface area contributed by atoms with Gasteiger partial charge in [0.1, 0.15) is 0 Å². The van der Waals surface area contributed by atoms with Crippen LogP contribution < -0.4 is 0 Å². The third-order valence-electron chi connectivity index (χ3n) is 2.94. The fourth-order valence-corrected chi connectivity index (χ4v) is 2.59. The molecule has 1 amide bonds. The maximum atomic E-state index is 11.8. The normalized spacial score (nSPS) is 11.9. The Kier molecular flexibility index (Phi) is 7.15. The number of hydrogen-bond donors (Lipinski definition) is 1. The molecule has 0 aliphatic carbocycles. The van der Waals surface area contributed by atoms with Crippen molar-refractivity contribution in [1.82, 2.24) is 4.90 Å². The van der Waals surface area contributed by atoms with Crippen LogP contribution in [-0.2, 0) is 9.59 Å². The molecule has 20 heavy (non-hydrogen) atoms. The zero-order valence-electron chi connectivity index (χ0n) is 11.9. The van der Waals surface area contributed by atoms with Gasteiger partial charge in [-0.2, -0.15) is 0 Å². The summed E-state index contributed by atoms with van der Waals surface area (Å²) in [5, 5.41) is 8.81. The summed E-state index contributed by atoms with van der Waals surface area (Å²) in [6.07, 6.45) is 1.26. The highest BCUT2D eigenvalue weighted by molar-refractivity contribution is 7.99. The molecule has 0 saturated carbocycles. The maximum Gasteiger partial charge on any atom is 0.308 e. The summed E-state index contributed by atoms with van der Waals surface area (Å²) in [6.45, 7) is 1.87. The van der Waals surface area contributed by atoms with E-state index in [1.807, 2.05) is 30.3 Å². The Bertz CT molecular complexity index is 436. The average Bonchev–Trinajstić information content (AvgIpc) is 2.44. The van der Waals surface area contributed by atoms with Crippen molar-refractivity contribution in [1.29, 1.82) is 0 Å². The number of carbonyl (C=O) groups is 2. The zero-order chi connectivity index (χ0) is 15.0. The molecule has 0 aliphatic rings. The second-order valence-electron chi connectivity index (χ2n) is 4.78. The number of amides is 1. The highest BCUT2D eigenvalue weighted by Crippen LogP contribution is 2.18. The summed E-state index contributed by atoms with van der Waals surface area (Å²) in [7, 11) is 1.66. The third kappa shape index (κ3) is 6.10. The van der Waals surface area contributed by atoms with E-state index in [1.54, 1.807) is 25.7 Å². The lowest BCUT2D eigenvalue weighted by Crippen LogP contribution is -2.33. The van der Waals surface area contributed by atoms with Gasteiger partial charge < -0.3 is 10.0 Å². The molecule has 1 aromatic carbocycles. The van der Waals surface area contributed by atoms with E-state index in [-0.39, 0.29) is 12.5 Å². The first-order valence-electron chi connectivity index (χ1n) is 6.65. The molecule has 4 nitrogen and oxygen atoms in total. The van der Waals surface area contributed by atoms with Gasteiger partial charge in [-0.25, -0.2) is 0 Å². The Morgan fingerprint density at radius 3 is 2.55 bits per heavy atom. The highest BCUT2D eigenvalue weighted by atomic mass is 32.2. The van der Waals surface area contributed by atoms with E-state index in [0.29, 0.717) is 6.42 Å². The van der Waals surface area contributed by atoms with Crippen LogP contribution in [0.15, 0.2) is 35.2 Å². The van der Waals surface area contributed by atoms with Gasteiger partial charge in [-0.1, -0.05) is 25.1 Å². The van der Waals surface area contributed by atoms with Crippen LogP contribution in [0.1, 0.15) is 19.8 Å². The molecule has 5 heteroatoms. The van der Waals surface area contributed by atoms with Crippen molar-refractivity contribution in [3.63, 3.8) is 0 Å². The summed E-state index contributed by atoms with van der Waals surface area (Å²) in [6, 6.07) is 10.1. The van der Waals surface area contributed by atoms with Crippen LogP contribution in [-0.4, -0.2) is 41.2 Å². The number of nitrogens with zero attached hydrogens (tertiary/aromatic N) is 1. The van der Waals surface area contributed by atoms with E-state index in [0.717, 1.165) is 12.2 Å². The summed E-state index contributed by atoms with van der Waals surface area (Å²) < 4.78 is 0. The largest absolute Gasteiger partial charge is 0.481 e. The van der Waals surface area contributed by atoms with Gasteiger partial charge in [-0.05, 0) is 24.3 Å². The number of carboxylic acids is 1. The number of thioether (sulfide) groups is 1. The first kappa shape index (κ1) is 16.6. The number of hydrogen-bond acceptors (Lipinski definition) is 3. The smallest absolute Gasteiger partial charge is 0.308 e. The van der Waals surface area contributed by atoms with Crippen molar-refractivity contribution in [2.75, 3.05) is 19.3 Å². The molecule has 0 fully saturated rings. The number of rotatable bonds is 8. The van der Waals surface area contributed by atoms with Crippen LogP contribution in [0.25, 0.3) is 0 Å². The monoisotopic (exact) mass is 295 g/mol. The van der Waals surface area contributed by atoms with E-state index in [9.17, 15) is 9.59 Å². The molecule has 1 rings (SSSR count). The molecule has 0 radical (unpaired) electrons. The molecule has 1 atom stereocenters. The van der Waals surface area contributed by atoms with Crippen molar-refractivity contribution in [3.05, 3.63) is 30.3 Å². The maximum absolute atomic E-state index is 11.8. The van der Waals surface area contributed by atoms with E-state index < -0.39 is 11.9 Å². The topological polar surface area (TPSA) is 57.6 Å². The van der Waals surface area contributed by atoms with Gasteiger partial charge in [0, 0.05) is 24.9 Å². The van der Waals surface area contributed by atoms with E-state index >= 15 is 0 Å². The number of benzene rings is 1. The minimum Gasteiger partial charge on any atom is -0.481 e. The molecule has 0 bridgehead atoms. The Morgan fingerprint density at radius 2 is 1.95 bits per heavy atom. The Balaban J connectivity index is 2.21. The van der Waals surface area contributed by atoms with Crippen LogP contribution >= 0.6 is 11.8 Å². The minimum absolute atomic E-state index is 0.00626. The van der Waals surface area contributed by atoms with Gasteiger partial charge in [0.2, 0.25) is 5.91 Å². The fourth-order valence-electron chi connectivity index (χ4n) is 1.71. The third-order valence-corrected chi connectivity index (χ3v) is 4.04. The second-order valence-corrected chi connectivity index (χ2v) is 5.95. The zero-order valence-corrected chi connectivity index (χ0v) is 12.7. The number of aliphatic carboxylic acids is 1. The van der Waals surface area contributed by atoms with Crippen molar-refractivity contribution in [2.24, 2.45) is 5.92 Å². The predicted molar refractivity (Wildman–Crippen MR) is 80.8 cm³/mol. The van der Waals surface area contributed by atoms with Crippen LogP contribution in [0.3, 0.4) is 0 Å². The van der Waals surface area contributed by atoms with Crippen LogP contribution in [0.5, 0.6) is 0 Å². The van der Waals surface area contributed by atoms with Crippen molar-refractivity contribution >= 4 is 23.6 Å². The van der Waals surface area contributed by atoms with Crippen LogP contribution in [0.4, 0.5) is 0 Å². The number of carboxylic acid groups (broad SMARTS) is 1. The lowest BCUT2D eigenvalue weighted by atomic mass is 10.1.